The number of carbonyl (C=O) groups excluding carboxylic acids is 3. The monoisotopic (exact) mass is 515 g/mol. The van der Waals surface area contributed by atoms with E-state index in [4.69, 9.17) is 4.74 Å². The van der Waals surface area contributed by atoms with E-state index in [0.29, 0.717) is 11.3 Å². The van der Waals surface area contributed by atoms with E-state index in [9.17, 15) is 19.5 Å². The molecule has 3 N–H and O–H groups in total. The Morgan fingerprint density at radius 2 is 1.67 bits per heavy atom. The highest BCUT2D eigenvalue weighted by Crippen LogP contribution is 2.29. The summed E-state index contributed by atoms with van der Waals surface area (Å²) in [6, 6.07) is 10.7. The van der Waals surface area contributed by atoms with Gasteiger partial charge in [0.25, 0.3) is 5.91 Å². The van der Waals surface area contributed by atoms with Gasteiger partial charge in [-0.2, -0.15) is 12.6 Å². The average molecular weight is 516 g/mol. The highest BCUT2D eigenvalue weighted by molar-refractivity contribution is 7.80. The Kier molecular flexibility index (Phi) is 10.4. The van der Waals surface area contributed by atoms with Gasteiger partial charge in [-0.1, -0.05) is 36.4 Å². The van der Waals surface area contributed by atoms with Crippen LogP contribution >= 0.6 is 12.6 Å². The van der Waals surface area contributed by atoms with Crippen LogP contribution in [-0.2, 0) is 14.3 Å². The van der Waals surface area contributed by atoms with Crippen LogP contribution in [0.1, 0.15) is 49.1 Å². The molecule has 0 aliphatic heterocycles. The summed E-state index contributed by atoms with van der Waals surface area (Å²) in [5.74, 6) is -1.02. The van der Waals surface area contributed by atoms with Crippen molar-refractivity contribution in [2.24, 2.45) is 0 Å². The summed E-state index contributed by atoms with van der Waals surface area (Å²) in [7, 11) is 0. The van der Waals surface area contributed by atoms with Gasteiger partial charge in [-0.25, -0.2) is 4.79 Å². The average Bonchev–Trinajstić information content (AvgIpc) is 2.79. The second kappa shape index (κ2) is 12.8. The molecule has 2 unspecified atom stereocenters. The number of rotatable bonds is 9. The minimum atomic E-state index is -1.08. The third kappa shape index (κ3) is 7.73. The van der Waals surface area contributed by atoms with Crippen LogP contribution < -0.4 is 10.6 Å². The summed E-state index contributed by atoms with van der Waals surface area (Å²) in [4.78, 5) is 41.2. The number of hydrogen-bond donors (Lipinski definition) is 4. The van der Waals surface area contributed by atoms with Crippen molar-refractivity contribution < 1.29 is 24.2 Å². The van der Waals surface area contributed by atoms with Crippen molar-refractivity contribution in [2.45, 2.75) is 59.2 Å². The van der Waals surface area contributed by atoms with Crippen LogP contribution in [0, 0.1) is 20.8 Å². The summed E-state index contributed by atoms with van der Waals surface area (Å²) in [5.41, 5.74) is 3.15. The maximum atomic E-state index is 13.8. The van der Waals surface area contributed by atoms with Gasteiger partial charge in [0, 0.05) is 18.0 Å². The number of benzene rings is 2. The molecule has 2 atom stereocenters. The zero-order valence-electron chi connectivity index (χ0n) is 21.8. The number of thiol groups is 1. The summed E-state index contributed by atoms with van der Waals surface area (Å²) in [6.07, 6.45) is -0.772. The Balaban J connectivity index is 2.51. The van der Waals surface area contributed by atoms with Crippen molar-refractivity contribution in [3.05, 3.63) is 64.7 Å². The Morgan fingerprint density at radius 3 is 2.25 bits per heavy atom. The molecule has 0 fully saturated rings. The normalized spacial score (nSPS) is 12.9. The lowest BCUT2D eigenvalue weighted by Gasteiger charge is -2.34. The highest BCUT2D eigenvalue weighted by atomic mass is 32.1. The molecule has 0 heterocycles. The number of para-hydroxylation sites is 1. The molecule has 0 bridgehead atoms. The molecule has 0 radical (unpaired) electrons. The van der Waals surface area contributed by atoms with E-state index >= 15 is 0 Å². The second-order valence-corrected chi connectivity index (χ2v) is 10.00. The van der Waals surface area contributed by atoms with Gasteiger partial charge >= 0.3 is 6.09 Å². The number of aliphatic hydroxyl groups excluding tert-OH is 1. The number of aliphatic hydroxyl groups is 1. The maximum Gasteiger partial charge on any atom is 0.408 e. The summed E-state index contributed by atoms with van der Waals surface area (Å²) in [5, 5.41) is 15.3. The highest BCUT2D eigenvalue weighted by Gasteiger charge is 2.36. The molecular weight excluding hydrogens is 478 g/mol. The maximum absolute atomic E-state index is 13.8. The third-order valence-corrected chi connectivity index (χ3v) is 6.06. The van der Waals surface area contributed by atoms with Crippen LogP contribution in [0.25, 0.3) is 0 Å². The lowest BCUT2D eigenvalue weighted by molar-refractivity contribution is -0.140. The van der Waals surface area contributed by atoms with Gasteiger partial charge in [0.2, 0.25) is 5.91 Å². The van der Waals surface area contributed by atoms with Gasteiger partial charge in [-0.3, -0.25) is 9.59 Å². The Bertz CT molecular complexity index is 1080. The molecule has 0 spiro atoms. The molecule has 9 heteroatoms. The summed E-state index contributed by atoms with van der Waals surface area (Å²) < 4.78 is 5.30. The Labute approximate surface area is 218 Å². The first-order valence-corrected chi connectivity index (χ1v) is 12.5. The third-order valence-electron chi connectivity index (χ3n) is 5.70. The summed E-state index contributed by atoms with van der Waals surface area (Å²) >= 11 is 4.26. The molecule has 0 aliphatic rings. The van der Waals surface area contributed by atoms with E-state index in [1.54, 1.807) is 32.9 Å². The van der Waals surface area contributed by atoms with Gasteiger partial charge in [-0.15, -0.1) is 0 Å². The van der Waals surface area contributed by atoms with Crippen molar-refractivity contribution in [2.75, 3.05) is 24.2 Å². The van der Waals surface area contributed by atoms with E-state index in [1.807, 2.05) is 51.1 Å². The van der Waals surface area contributed by atoms with Crippen LogP contribution in [0.2, 0.25) is 0 Å². The van der Waals surface area contributed by atoms with Gasteiger partial charge in [-0.05, 0) is 69.9 Å². The smallest absolute Gasteiger partial charge is 0.408 e. The number of alkyl carbamates (subject to hydrolysis) is 1. The Hall–Kier alpha value is -3.04. The molecule has 196 valence electrons. The molecule has 0 saturated carbocycles. The van der Waals surface area contributed by atoms with E-state index in [-0.39, 0.29) is 18.9 Å². The zero-order valence-corrected chi connectivity index (χ0v) is 22.7. The molecule has 0 aromatic heterocycles. The molecule has 36 heavy (non-hydrogen) atoms. The first kappa shape index (κ1) is 29.2. The topological polar surface area (TPSA) is 108 Å². The van der Waals surface area contributed by atoms with Crippen molar-refractivity contribution in [3.63, 3.8) is 0 Å². The Morgan fingerprint density at radius 1 is 1.03 bits per heavy atom. The minimum absolute atomic E-state index is 0.0288. The quantitative estimate of drug-likeness (QED) is 0.379. The number of ether oxygens (including phenoxy) is 1. The molecular formula is C27H37N3O5S. The predicted octanol–water partition coefficient (Wildman–Crippen LogP) is 3.94. The lowest BCUT2D eigenvalue weighted by Crippen LogP contribution is -2.54. The second-order valence-electron chi connectivity index (χ2n) is 9.63. The molecule has 2 rings (SSSR count). The van der Waals surface area contributed by atoms with Crippen molar-refractivity contribution in [1.29, 1.82) is 0 Å². The van der Waals surface area contributed by atoms with E-state index in [0.717, 1.165) is 16.7 Å². The van der Waals surface area contributed by atoms with E-state index < -0.39 is 35.6 Å². The number of nitrogens with zero attached hydrogens (tertiary/aromatic N) is 1. The summed E-state index contributed by atoms with van der Waals surface area (Å²) in [6.45, 7) is 10.3. The fraction of sp³-hybridized carbons (Fsp3) is 0.444. The number of carbonyl (C=O) groups is 3. The molecule has 2 aromatic rings. The number of nitrogens with one attached hydrogen (secondary N) is 2. The fourth-order valence-electron chi connectivity index (χ4n) is 3.74. The van der Waals surface area contributed by atoms with Crippen molar-refractivity contribution in [1.82, 2.24) is 10.2 Å². The van der Waals surface area contributed by atoms with Gasteiger partial charge in [0.1, 0.15) is 17.7 Å². The number of aryl methyl sites for hydroxylation is 2. The zero-order chi connectivity index (χ0) is 27.0. The molecule has 8 nitrogen and oxygen atoms in total. The van der Waals surface area contributed by atoms with Crippen LogP contribution in [0.15, 0.2) is 42.5 Å². The molecule has 3 amide bonds. The van der Waals surface area contributed by atoms with E-state index in [2.05, 4.69) is 23.3 Å². The first-order chi connectivity index (χ1) is 16.9. The van der Waals surface area contributed by atoms with Gasteiger partial charge in [0.15, 0.2) is 0 Å². The molecule has 2 aromatic carbocycles. The number of hydrogen-bond acceptors (Lipinski definition) is 6. The number of amides is 3. The standard InChI is InChI=1S/C27H37N3O5S/c1-17-11-9-12-20(19(17)3)23(24(32)28-21-13-8-7-10-18(21)2)30(14-15-31)25(33)22(16-36)29-26(34)35-27(4,5)6/h7-13,22-23,31,36H,14-16H2,1-6H3,(H,28,32)(H,29,34). The molecule has 0 aliphatic carbocycles. The van der Waals surface area contributed by atoms with Crippen LogP contribution in [0.5, 0.6) is 0 Å². The van der Waals surface area contributed by atoms with Crippen LogP contribution in [-0.4, -0.2) is 58.5 Å². The minimum Gasteiger partial charge on any atom is -0.444 e. The predicted molar refractivity (Wildman–Crippen MR) is 144 cm³/mol. The van der Waals surface area contributed by atoms with Crippen molar-refractivity contribution >= 4 is 36.2 Å². The first-order valence-electron chi connectivity index (χ1n) is 11.8. The van der Waals surface area contributed by atoms with Crippen LogP contribution in [0.4, 0.5) is 10.5 Å². The lowest BCUT2D eigenvalue weighted by atomic mass is 9.95. The fourth-order valence-corrected chi connectivity index (χ4v) is 3.99. The number of anilines is 1. The largest absolute Gasteiger partial charge is 0.444 e. The molecule has 0 saturated heterocycles. The SMILES string of the molecule is Cc1ccccc1NC(=O)C(c1cccc(C)c1C)N(CCO)C(=O)C(CS)NC(=O)OC(C)(C)C. The van der Waals surface area contributed by atoms with E-state index in [1.165, 1.54) is 4.90 Å². The van der Waals surface area contributed by atoms with Crippen LogP contribution in [0.3, 0.4) is 0 Å². The van der Waals surface area contributed by atoms with Crippen molar-refractivity contribution in [3.8, 4) is 0 Å². The van der Waals surface area contributed by atoms with Gasteiger partial charge < -0.3 is 25.4 Å². The van der Waals surface area contributed by atoms with Gasteiger partial charge in [0.05, 0.1) is 6.61 Å².